The molecule has 3 heteroatoms. The fourth-order valence-corrected chi connectivity index (χ4v) is 2.81. The third-order valence-electron chi connectivity index (χ3n) is 3.73. The van der Waals surface area contributed by atoms with Gasteiger partial charge in [0.2, 0.25) is 0 Å². The SMILES string of the molecule is CC(C)(C)c1ccc(Cl)cc1N1CC[C@@H](CN)C1. The molecule has 18 heavy (non-hydrogen) atoms. The molecule has 0 amide bonds. The Bertz CT molecular complexity index is 423. The number of hydrogen-bond acceptors (Lipinski definition) is 2. The Labute approximate surface area is 115 Å². The van der Waals surface area contributed by atoms with E-state index in [1.165, 1.54) is 17.7 Å². The molecule has 1 atom stereocenters. The minimum Gasteiger partial charge on any atom is -0.371 e. The molecule has 0 bridgehead atoms. The van der Waals surface area contributed by atoms with Crippen LogP contribution in [-0.4, -0.2) is 19.6 Å². The zero-order valence-corrected chi connectivity index (χ0v) is 12.3. The van der Waals surface area contributed by atoms with Crippen LogP contribution in [0.4, 0.5) is 5.69 Å². The summed E-state index contributed by atoms with van der Waals surface area (Å²) >= 11 is 6.16. The number of halogens is 1. The molecule has 1 aromatic rings. The van der Waals surface area contributed by atoms with Gasteiger partial charge >= 0.3 is 0 Å². The molecule has 1 aromatic carbocycles. The van der Waals surface area contributed by atoms with Crippen LogP contribution in [0.1, 0.15) is 32.8 Å². The highest BCUT2D eigenvalue weighted by atomic mass is 35.5. The van der Waals surface area contributed by atoms with E-state index in [0.717, 1.165) is 24.7 Å². The zero-order chi connectivity index (χ0) is 13.3. The van der Waals surface area contributed by atoms with Crippen molar-refractivity contribution in [3.8, 4) is 0 Å². The highest BCUT2D eigenvalue weighted by Gasteiger charge is 2.26. The van der Waals surface area contributed by atoms with E-state index in [2.05, 4.69) is 37.8 Å². The Kier molecular flexibility index (Phi) is 3.88. The van der Waals surface area contributed by atoms with Crippen molar-refractivity contribution in [2.45, 2.75) is 32.6 Å². The summed E-state index contributed by atoms with van der Waals surface area (Å²) in [5.74, 6) is 0.622. The van der Waals surface area contributed by atoms with Crippen molar-refractivity contribution in [2.24, 2.45) is 11.7 Å². The summed E-state index contributed by atoms with van der Waals surface area (Å²) in [4.78, 5) is 2.43. The largest absolute Gasteiger partial charge is 0.371 e. The summed E-state index contributed by atoms with van der Waals surface area (Å²) in [6.45, 7) is 9.66. The van der Waals surface area contributed by atoms with Crippen LogP contribution < -0.4 is 10.6 Å². The quantitative estimate of drug-likeness (QED) is 0.889. The molecule has 0 aromatic heterocycles. The molecule has 1 aliphatic rings. The van der Waals surface area contributed by atoms with Crippen molar-refractivity contribution in [1.82, 2.24) is 0 Å². The van der Waals surface area contributed by atoms with Crippen molar-refractivity contribution < 1.29 is 0 Å². The van der Waals surface area contributed by atoms with Gasteiger partial charge in [-0.1, -0.05) is 38.4 Å². The molecule has 1 fully saturated rings. The minimum absolute atomic E-state index is 0.140. The summed E-state index contributed by atoms with van der Waals surface area (Å²) in [7, 11) is 0. The second-order valence-corrected chi connectivity index (χ2v) is 6.68. The van der Waals surface area contributed by atoms with Crippen molar-refractivity contribution in [3.63, 3.8) is 0 Å². The van der Waals surface area contributed by atoms with Crippen molar-refractivity contribution in [2.75, 3.05) is 24.5 Å². The Morgan fingerprint density at radius 1 is 1.39 bits per heavy atom. The van der Waals surface area contributed by atoms with Gasteiger partial charge in [0.15, 0.2) is 0 Å². The summed E-state index contributed by atoms with van der Waals surface area (Å²) in [5, 5.41) is 0.814. The lowest BCUT2D eigenvalue weighted by Crippen LogP contribution is -2.26. The Morgan fingerprint density at radius 3 is 2.67 bits per heavy atom. The van der Waals surface area contributed by atoms with Crippen molar-refractivity contribution in [3.05, 3.63) is 28.8 Å². The van der Waals surface area contributed by atoms with Crippen LogP contribution in [0.15, 0.2) is 18.2 Å². The van der Waals surface area contributed by atoms with Crippen LogP contribution in [0.5, 0.6) is 0 Å². The molecular formula is C15H23ClN2. The maximum absolute atomic E-state index is 6.16. The molecule has 0 spiro atoms. The molecule has 1 saturated heterocycles. The number of rotatable bonds is 2. The first-order valence-electron chi connectivity index (χ1n) is 6.67. The predicted molar refractivity (Wildman–Crippen MR) is 79.5 cm³/mol. The van der Waals surface area contributed by atoms with Gasteiger partial charge in [0.25, 0.3) is 0 Å². The fourth-order valence-electron chi connectivity index (χ4n) is 2.64. The Morgan fingerprint density at radius 2 is 2.11 bits per heavy atom. The first-order valence-corrected chi connectivity index (χ1v) is 7.04. The summed E-state index contributed by atoms with van der Waals surface area (Å²) in [5.41, 5.74) is 8.56. The fraction of sp³-hybridized carbons (Fsp3) is 0.600. The van der Waals surface area contributed by atoms with E-state index >= 15 is 0 Å². The molecule has 100 valence electrons. The lowest BCUT2D eigenvalue weighted by atomic mass is 9.85. The summed E-state index contributed by atoms with van der Waals surface area (Å²) in [6.07, 6.45) is 1.19. The Balaban J connectivity index is 2.34. The number of nitrogens with zero attached hydrogens (tertiary/aromatic N) is 1. The van der Waals surface area contributed by atoms with Gasteiger partial charge in [-0.15, -0.1) is 0 Å². The second-order valence-electron chi connectivity index (χ2n) is 6.25. The molecule has 0 unspecified atom stereocenters. The van der Waals surface area contributed by atoms with Gasteiger partial charge in [0.05, 0.1) is 0 Å². The number of anilines is 1. The van der Waals surface area contributed by atoms with Crippen LogP contribution in [0.2, 0.25) is 5.02 Å². The van der Waals surface area contributed by atoms with Gasteiger partial charge in [-0.3, -0.25) is 0 Å². The molecular weight excluding hydrogens is 244 g/mol. The monoisotopic (exact) mass is 266 g/mol. The van der Waals surface area contributed by atoms with Gasteiger partial charge in [-0.2, -0.15) is 0 Å². The van der Waals surface area contributed by atoms with Gasteiger partial charge in [-0.25, -0.2) is 0 Å². The molecule has 2 rings (SSSR count). The van der Waals surface area contributed by atoms with Crippen LogP contribution >= 0.6 is 11.6 Å². The van der Waals surface area contributed by atoms with E-state index in [-0.39, 0.29) is 5.41 Å². The third kappa shape index (κ3) is 2.81. The van der Waals surface area contributed by atoms with Crippen molar-refractivity contribution in [1.29, 1.82) is 0 Å². The lowest BCUT2D eigenvalue weighted by Gasteiger charge is -2.29. The topological polar surface area (TPSA) is 29.3 Å². The van der Waals surface area contributed by atoms with Crippen LogP contribution in [-0.2, 0) is 5.41 Å². The molecule has 2 N–H and O–H groups in total. The second kappa shape index (κ2) is 5.10. The normalized spacial score (nSPS) is 20.5. The van der Waals surface area contributed by atoms with Gasteiger partial charge in [0.1, 0.15) is 0 Å². The number of benzene rings is 1. The molecule has 1 aliphatic heterocycles. The zero-order valence-electron chi connectivity index (χ0n) is 11.5. The maximum atomic E-state index is 6.16. The number of nitrogens with two attached hydrogens (primary N) is 1. The lowest BCUT2D eigenvalue weighted by molar-refractivity contribution is 0.585. The summed E-state index contributed by atoms with van der Waals surface area (Å²) < 4.78 is 0. The predicted octanol–water partition coefficient (Wildman–Crippen LogP) is 3.42. The maximum Gasteiger partial charge on any atom is 0.0426 e. The molecule has 1 heterocycles. The summed E-state index contributed by atoms with van der Waals surface area (Å²) in [6, 6.07) is 6.25. The third-order valence-corrected chi connectivity index (χ3v) is 3.96. The number of hydrogen-bond donors (Lipinski definition) is 1. The van der Waals surface area contributed by atoms with E-state index < -0.39 is 0 Å². The van der Waals surface area contributed by atoms with Crippen LogP contribution in [0.3, 0.4) is 0 Å². The van der Waals surface area contributed by atoms with E-state index in [1.54, 1.807) is 0 Å². The molecule has 0 radical (unpaired) electrons. The molecule has 0 saturated carbocycles. The van der Waals surface area contributed by atoms with E-state index in [0.29, 0.717) is 5.92 Å². The average molecular weight is 267 g/mol. The van der Waals surface area contributed by atoms with Gasteiger partial charge in [0, 0.05) is 23.8 Å². The van der Waals surface area contributed by atoms with E-state index in [1.807, 2.05) is 6.07 Å². The van der Waals surface area contributed by atoms with Crippen LogP contribution in [0.25, 0.3) is 0 Å². The molecule has 2 nitrogen and oxygen atoms in total. The van der Waals surface area contributed by atoms with E-state index in [4.69, 9.17) is 17.3 Å². The van der Waals surface area contributed by atoms with Gasteiger partial charge in [-0.05, 0) is 42.0 Å². The van der Waals surface area contributed by atoms with E-state index in [9.17, 15) is 0 Å². The van der Waals surface area contributed by atoms with Crippen LogP contribution in [0, 0.1) is 5.92 Å². The smallest absolute Gasteiger partial charge is 0.0426 e. The standard InChI is InChI=1S/C15H23ClN2/c1-15(2,3)13-5-4-12(16)8-14(13)18-7-6-11(9-17)10-18/h4-5,8,11H,6-7,9-10,17H2,1-3H3/t11-/m0/s1. The highest BCUT2D eigenvalue weighted by molar-refractivity contribution is 6.30. The average Bonchev–Trinajstić information content (AvgIpc) is 2.75. The van der Waals surface area contributed by atoms with Crippen molar-refractivity contribution >= 4 is 17.3 Å². The Hall–Kier alpha value is -0.730. The first kappa shape index (κ1) is 13.7. The highest BCUT2D eigenvalue weighted by Crippen LogP contribution is 2.36. The molecule has 0 aliphatic carbocycles. The minimum atomic E-state index is 0.140. The van der Waals surface area contributed by atoms with Gasteiger partial charge < -0.3 is 10.6 Å². The first-order chi connectivity index (χ1) is 8.41.